The monoisotopic (exact) mass is 443 g/mol. The molecule has 6 heteroatoms. The van der Waals surface area contributed by atoms with E-state index in [1.165, 1.54) is 11.3 Å². The van der Waals surface area contributed by atoms with E-state index in [0.717, 1.165) is 39.0 Å². The van der Waals surface area contributed by atoms with Gasteiger partial charge in [0, 0.05) is 27.6 Å². The van der Waals surface area contributed by atoms with Gasteiger partial charge in [0.2, 0.25) is 0 Å². The molecule has 0 fully saturated rings. The molecular formula is C21H22BrN3OS. The maximum Gasteiger partial charge on any atom is 0.328 e. The number of anilines is 2. The van der Waals surface area contributed by atoms with Crippen LogP contribution < -0.4 is 10.2 Å². The Morgan fingerprint density at radius 1 is 1.22 bits per heavy atom. The average molecular weight is 444 g/mol. The topological polar surface area (TPSA) is 45.2 Å². The summed E-state index contributed by atoms with van der Waals surface area (Å²) in [4.78, 5) is 19.4. The second-order valence-electron chi connectivity index (χ2n) is 6.35. The highest BCUT2D eigenvalue weighted by molar-refractivity contribution is 9.10. The molecule has 0 aliphatic rings. The van der Waals surface area contributed by atoms with Crippen LogP contribution in [0.2, 0.25) is 0 Å². The number of rotatable bonds is 5. The molecule has 3 aromatic rings. The smallest absolute Gasteiger partial charge is 0.307 e. The summed E-state index contributed by atoms with van der Waals surface area (Å²) >= 11 is 4.98. The van der Waals surface area contributed by atoms with Gasteiger partial charge in [-0.2, -0.15) is 0 Å². The lowest BCUT2D eigenvalue weighted by Gasteiger charge is -2.20. The van der Waals surface area contributed by atoms with Gasteiger partial charge in [-0.1, -0.05) is 47.1 Å². The molecule has 0 unspecified atom stereocenters. The Hall–Kier alpha value is -2.18. The molecule has 0 saturated carbocycles. The first kappa shape index (κ1) is 19.6. The van der Waals surface area contributed by atoms with Crippen LogP contribution in [0.25, 0.3) is 11.3 Å². The molecular weight excluding hydrogens is 422 g/mol. The third-order valence-electron chi connectivity index (χ3n) is 4.38. The molecule has 0 saturated heterocycles. The number of thiazole rings is 1. The summed E-state index contributed by atoms with van der Waals surface area (Å²) in [5.74, 6) is 0. The molecule has 0 bridgehead atoms. The van der Waals surface area contributed by atoms with Gasteiger partial charge in [0.25, 0.3) is 0 Å². The van der Waals surface area contributed by atoms with E-state index in [9.17, 15) is 4.79 Å². The zero-order valence-corrected chi connectivity index (χ0v) is 18.0. The van der Waals surface area contributed by atoms with Crippen LogP contribution in [0.3, 0.4) is 0 Å². The van der Waals surface area contributed by atoms with Crippen LogP contribution in [0.4, 0.5) is 15.6 Å². The Labute approximate surface area is 172 Å². The summed E-state index contributed by atoms with van der Waals surface area (Å²) in [7, 11) is 0. The number of halogens is 1. The molecule has 3 rings (SSSR count). The normalized spacial score (nSPS) is 10.7. The lowest BCUT2D eigenvalue weighted by atomic mass is 10.1. The zero-order chi connectivity index (χ0) is 19.4. The van der Waals surface area contributed by atoms with Crippen LogP contribution in [0, 0.1) is 13.8 Å². The minimum absolute atomic E-state index is 0.152. The predicted molar refractivity (Wildman–Crippen MR) is 118 cm³/mol. The molecule has 2 aromatic carbocycles. The number of nitrogens with zero attached hydrogens (tertiary/aromatic N) is 2. The van der Waals surface area contributed by atoms with Crippen molar-refractivity contribution < 1.29 is 4.79 Å². The van der Waals surface area contributed by atoms with Gasteiger partial charge < -0.3 is 5.32 Å². The van der Waals surface area contributed by atoms with E-state index >= 15 is 0 Å². The molecule has 0 spiro atoms. The predicted octanol–water partition coefficient (Wildman–Crippen LogP) is 6.64. The van der Waals surface area contributed by atoms with Crippen molar-refractivity contribution in [2.45, 2.75) is 27.2 Å². The van der Waals surface area contributed by atoms with Gasteiger partial charge in [0.1, 0.15) is 0 Å². The molecule has 27 heavy (non-hydrogen) atoms. The minimum Gasteiger partial charge on any atom is -0.307 e. The highest BCUT2D eigenvalue weighted by Crippen LogP contribution is 2.30. The quantitative estimate of drug-likeness (QED) is 0.480. The Kier molecular flexibility index (Phi) is 6.29. The fourth-order valence-corrected chi connectivity index (χ4v) is 4.00. The highest BCUT2D eigenvalue weighted by Gasteiger charge is 2.19. The maximum absolute atomic E-state index is 12.9. The fraction of sp³-hybridized carbons (Fsp3) is 0.238. The largest absolute Gasteiger partial charge is 0.328 e. The molecule has 1 N–H and O–H groups in total. The third-order valence-corrected chi connectivity index (χ3v) is 5.74. The zero-order valence-electron chi connectivity index (χ0n) is 15.6. The number of amides is 2. The highest BCUT2D eigenvalue weighted by atomic mass is 79.9. The third kappa shape index (κ3) is 4.57. The average Bonchev–Trinajstić information content (AvgIpc) is 3.13. The molecule has 140 valence electrons. The number of urea groups is 1. The van der Waals surface area contributed by atoms with Gasteiger partial charge in [0.05, 0.1) is 5.69 Å². The van der Waals surface area contributed by atoms with E-state index in [4.69, 9.17) is 4.98 Å². The van der Waals surface area contributed by atoms with E-state index in [1.54, 1.807) is 4.90 Å². The number of aromatic nitrogens is 1. The standard InChI is InChI=1S/C21H22BrN3OS/c1-4-11-25(20(26)23-18-10-5-7-14(2)15(18)3)21-24-19(13-27-21)16-8-6-9-17(22)12-16/h5-10,12-13H,4,11H2,1-3H3,(H,23,26). The van der Waals surface area contributed by atoms with Crippen LogP contribution in [0.5, 0.6) is 0 Å². The van der Waals surface area contributed by atoms with Crippen molar-refractivity contribution in [1.29, 1.82) is 0 Å². The van der Waals surface area contributed by atoms with Crippen molar-refractivity contribution >= 4 is 44.1 Å². The van der Waals surface area contributed by atoms with Gasteiger partial charge >= 0.3 is 6.03 Å². The molecule has 1 heterocycles. The van der Waals surface area contributed by atoms with Crippen LogP contribution in [0.1, 0.15) is 24.5 Å². The minimum atomic E-state index is -0.152. The van der Waals surface area contributed by atoms with E-state index in [-0.39, 0.29) is 6.03 Å². The Morgan fingerprint density at radius 3 is 2.74 bits per heavy atom. The molecule has 0 aliphatic heterocycles. The first-order valence-corrected chi connectivity index (χ1v) is 10.5. The fourth-order valence-electron chi connectivity index (χ4n) is 2.75. The Morgan fingerprint density at radius 2 is 2.00 bits per heavy atom. The second kappa shape index (κ2) is 8.67. The maximum atomic E-state index is 12.9. The summed E-state index contributed by atoms with van der Waals surface area (Å²) in [5, 5.41) is 5.73. The molecule has 0 aliphatic carbocycles. The van der Waals surface area contributed by atoms with Crippen molar-refractivity contribution in [2.75, 3.05) is 16.8 Å². The summed E-state index contributed by atoms with van der Waals surface area (Å²) < 4.78 is 1.01. The van der Waals surface area contributed by atoms with E-state index in [0.29, 0.717) is 11.7 Å². The van der Waals surface area contributed by atoms with Gasteiger partial charge in [0.15, 0.2) is 5.13 Å². The van der Waals surface area contributed by atoms with Crippen LogP contribution in [-0.4, -0.2) is 17.6 Å². The van der Waals surface area contributed by atoms with Gasteiger partial charge in [-0.15, -0.1) is 11.3 Å². The summed E-state index contributed by atoms with van der Waals surface area (Å²) in [6.45, 7) is 6.73. The van der Waals surface area contributed by atoms with E-state index in [1.807, 2.05) is 61.7 Å². The lowest BCUT2D eigenvalue weighted by Crippen LogP contribution is -2.35. The van der Waals surface area contributed by atoms with Crippen molar-refractivity contribution in [3.63, 3.8) is 0 Å². The van der Waals surface area contributed by atoms with E-state index < -0.39 is 0 Å². The molecule has 4 nitrogen and oxygen atoms in total. The van der Waals surface area contributed by atoms with Crippen molar-refractivity contribution in [3.8, 4) is 11.3 Å². The van der Waals surface area contributed by atoms with Crippen LogP contribution >= 0.6 is 27.3 Å². The number of benzene rings is 2. The van der Waals surface area contributed by atoms with E-state index in [2.05, 4.69) is 28.2 Å². The number of carbonyl (C=O) groups is 1. The Balaban J connectivity index is 1.85. The molecule has 0 atom stereocenters. The van der Waals surface area contributed by atoms with Gasteiger partial charge in [-0.3, -0.25) is 4.90 Å². The molecule has 1 aromatic heterocycles. The number of carbonyl (C=O) groups excluding carboxylic acids is 1. The number of hydrogen-bond acceptors (Lipinski definition) is 3. The van der Waals surface area contributed by atoms with Crippen molar-refractivity contribution in [3.05, 3.63) is 63.4 Å². The van der Waals surface area contributed by atoms with Gasteiger partial charge in [-0.05, 0) is 49.6 Å². The first-order chi connectivity index (χ1) is 13.0. The summed E-state index contributed by atoms with van der Waals surface area (Å²) in [5.41, 5.74) is 4.97. The van der Waals surface area contributed by atoms with Crippen LogP contribution in [0.15, 0.2) is 52.3 Å². The number of nitrogens with one attached hydrogen (secondary N) is 1. The summed E-state index contributed by atoms with van der Waals surface area (Å²) in [6.07, 6.45) is 0.853. The number of hydrogen-bond donors (Lipinski definition) is 1. The van der Waals surface area contributed by atoms with Crippen LogP contribution in [-0.2, 0) is 0 Å². The second-order valence-corrected chi connectivity index (χ2v) is 8.11. The Bertz CT molecular complexity index is 954. The molecule has 0 radical (unpaired) electrons. The summed E-state index contributed by atoms with van der Waals surface area (Å²) in [6, 6.07) is 13.8. The SMILES string of the molecule is CCCN(C(=O)Nc1cccc(C)c1C)c1nc(-c2cccc(Br)c2)cs1. The first-order valence-electron chi connectivity index (χ1n) is 8.85. The number of aryl methyl sites for hydroxylation is 1. The molecule has 2 amide bonds. The van der Waals surface area contributed by atoms with Crippen molar-refractivity contribution in [1.82, 2.24) is 4.98 Å². The van der Waals surface area contributed by atoms with Crippen molar-refractivity contribution in [2.24, 2.45) is 0 Å². The lowest BCUT2D eigenvalue weighted by molar-refractivity contribution is 0.257. The van der Waals surface area contributed by atoms with Gasteiger partial charge in [-0.25, -0.2) is 9.78 Å².